The summed E-state index contributed by atoms with van der Waals surface area (Å²) in [7, 11) is 0.795. The van der Waals surface area contributed by atoms with E-state index in [1.807, 2.05) is 6.07 Å². The molecule has 3 rings (SSSR count). The third-order valence-corrected chi connectivity index (χ3v) is 3.70. The maximum absolute atomic E-state index is 3.31. The molecule has 1 atom stereocenters. The van der Waals surface area contributed by atoms with Crippen LogP contribution >= 0.6 is 8.19 Å². The average Bonchev–Trinajstić information content (AvgIpc) is 2.56. The number of fused-ring (bicyclic) bond motifs is 3. The molecule has 0 saturated carbocycles. The summed E-state index contributed by atoms with van der Waals surface area (Å²) in [6.07, 6.45) is 0. The van der Waals surface area contributed by atoms with Crippen molar-refractivity contribution in [1.29, 1.82) is 0 Å². The van der Waals surface area contributed by atoms with Gasteiger partial charge in [-0.2, -0.15) is 24.3 Å². The van der Waals surface area contributed by atoms with E-state index in [0.717, 1.165) is 8.19 Å². The smallest absolute Gasteiger partial charge is 1.00 e. The van der Waals surface area contributed by atoms with E-state index in [4.69, 9.17) is 0 Å². The normalized spacial score (nSPS) is 8.94. The van der Waals surface area contributed by atoms with Gasteiger partial charge < -0.3 is 37.2 Å². The van der Waals surface area contributed by atoms with Crippen molar-refractivity contribution in [2.24, 2.45) is 0 Å². The molecule has 0 spiro atoms. The number of rotatable bonds is 0. The molecule has 0 aliphatic carbocycles. The molecule has 0 aliphatic heterocycles. The zero-order valence-corrected chi connectivity index (χ0v) is 14.4. The molecule has 0 bridgehead atoms. The SMILES string of the molecule is [Cl-].[Cl-].[Cl-].[Zr+4].[c-]1cccc2c1[pH]c1ccccc12. The van der Waals surface area contributed by atoms with Gasteiger partial charge in [0.15, 0.2) is 0 Å². The molecule has 0 fully saturated rings. The minimum Gasteiger partial charge on any atom is -1.00 e. The first-order valence-electron chi connectivity index (χ1n) is 4.32. The predicted octanol–water partition coefficient (Wildman–Crippen LogP) is -5.17. The van der Waals surface area contributed by atoms with Gasteiger partial charge >= 0.3 is 26.2 Å². The second-order valence-electron chi connectivity index (χ2n) is 3.13. The van der Waals surface area contributed by atoms with Gasteiger partial charge in [0.05, 0.1) is 0 Å². The van der Waals surface area contributed by atoms with Crippen molar-refractivity contribution in [2.75, 3.05) is 0 Å². The molecule has 0 saturated heterocycles. The Morgan fingerprint density at radius 1 is 0.824 bits per heavy atom. The van der Waals surface area contributed by atoms with Gasteiger partial charge in [0.2, 0.25) is 0 Å². The average molecular weight is 381 g/mol. The van der Waals surface area contributed by atoms with Crippen molar-refractivity contribution >= 4 is 29.2 Å². The van der Waals surface area contributed by atoms with Gasteiger partial charge in [-0.15, -0.1) is 18.7 Å². The molecule has 1 aromatic heterocycles. The summed E-state index contributed by atoms with van der Waals surface area (Å²) in [5.74, 6) is 0. The van der Waals surface area contributed by atoms with Gasteiger partial charge in [0, 0.05) is 0 Å². The third kappa shape index (κ3) is 3.73. The van der Waals surface area contributed by atoms with E-state index in [9.17, 15) is 0 Å². The molecule has 17 heavy (non-hydrogen) atoms. The molecule has 0 amide bonds. The van der Waals surface area contributed by atoms with Crippen LogP contribution in [-0.2, 0) is 26.2 Å². The minimum atomic E-state index is 0. The van der Waals surface area contributed by atoms with Crippen molar-refractivity contribution in [3.05, 3.63) is 48.5 Å². The number of hydrogen-bond donors (Lipinski definition) is 0. The minimum absolute atomic E-state index is 0. The van der Waals surface area contributed by atoms with Gasteiger partial charge in [-0.05, 0) is 5.12 Å². The van der Waals surface area contributed by atoms with Gasteiger partial charge in [0.25, 0.3) is 0 Å². The van der Waals surface area contributed by atoms with Crippen LogP contribution < -0.4 is 37.2 Å². The van der Waals surface area contributed by atoms with Crippen LogP contribution in [-0.4, -0.2) is 0 Å². The predicted molar refractivity (Wildman–Crippen MR) is 59.8 cm³/mol. The molecular formula is C12H8Cl3PZr. The van der Waals surface area contributed by atoms with Crippen LogP contribution in [0.25, 0.3) is 21.0 Å². The summed E-state index contributed by atoms with van der Waals surface area (Å²) in [4.78, 5) is 0. The Bertz CT molecular complexity index is 530. The Morgan fingerprint density at radius 2 is 1.47 bits per heavy atom. The summed E-state index contributed by atoms with van der Waals surface area (Å²) in [5.41, 5.74) is 0. The van der Waals surface area contributed by atoms with Crippen LogP contribution in [0.2, 0.25) is 0 Å². The largest absolute Gasteiger partial charge is 4.00 e. The number of halogens is 3. The molecule has 5 heteroatoms. The van der Waals surface area contributed by atoms with Crippen LogP contribution in [0.1, 0.15) is 0 Å². The molecule has 0 radical (unpaired) electrons. The first-order chi connectivity index (χ1) is 6.45. The van der Waals surface area contributed by atoms with Crippen LogP contribution in [0.3, 0.4) is 0 Å². The summed E-state index contributed by atoms with van der Waals surface area (Å²) in [6, 6.07) is 18.2. The van der Waals surface area contributed by atoms with Gasteiger partial charge in [-0.1, -0.05) is 29.7 Å². The monoisotopic (exact) mass is 378 g/mol. The summed E-state index contributed by atoms with van der Waals surface area (Å²) < 4.78 is 0. The zero-order chi connectivity index (χ0) is 8.67. The Kier molecular flexibility index (Phi) is 9.99. The van der Waals surface area contributed by atoms with E-state index in [0.29, 0.717) is 0 Å². The molecule has 86 valence electrons. The van der Waals surface area contributed by atoms with Gasteiger partial charge in [-0.3, -0.25) is 0 Å². The fourth-order valence-electron chi connectivity index (χ4n) is 1.73. The van der Waals surface area contributed by atoms with Crippen LogP contribution in [0.4, 0.5) is 0 Å². The topological polar surface area (TPSA) is 0 Å². The Labute approximate surface area is 140 Å². The Morgan fingerprint density at radius 3 is 2.24 bits per heavy atom. The Hall–Kier alpha value is 0.493. The van der Waals surface area contributed by atoms with Crippen LogP contribution in [0.5, 0.6) is 0 Å². The van der Waals surface area contributed by atoms with E-state index in [2.05, 4.69) is 42.5 Å². The second-order valence-corrected chi connectivity index (χ2v) is 4.42. The molecule has 0 aliphatic rings. The van der Waals surface area contributed by atoms with Gasteiger partial charge in [0.1, 0.15) is 0 Å². The fraction of sp³-hybridized carbons (Fsp3) is 0. The van der Waals surface area contributed by atoms with Crippen molar-refractivity contribution in [3.63, 3.8) is 0 Å². The summed E-state index contributed by atoms with van der Waals surface area (Å²) in [5, 5.41) is 5.59. The molecule has 2 aromatic carbocycles. The standard InChI is InChI=1S/C12H8P.3ClH.Zr/c1-3-7-11-9(5-1)10-6-2-4-8-12(10)13-11;;;;/h1-7,13H;3*1H;/q-1;;;;+4/p-3. The first-order valence-corrected chi connectivity index (χ1v) is 5.32. The molecule has 1 heterocycles. The van der Waals surface area contributed by atoms with Crippen molar-refractivity contribution in [3.8, 4) is 0 Å². The van der Waals surface area contributed by atoms with E-state index in [-0.39, 0.29) is 63.4 Å². The summed E-state index contributed by atoms with van der Waals surface area (Å²) >= 11 is 0. The quantitative estimate of drug-likeness (QED) is 0.342. The third-order valence-electron chi connectivity index (χ3n) is 2.33. The second kappa shape index (κ2) is 8.57. The molecule has 0 N–H and O–H groups in total. The summed E-state index contributed by atoms with van der Waals surface area (Å²) in [6.45, 7) is 0. The fourth-order valence-corrected chi connectivity index (χ4v) is 3.04. The first kappa shape index (κ1) is 19.8. The Balaban J connectivity index is 0. The van der Waals surface area contributed by atoms with E-state index in [1.54, 1.807) is 0 Å². The van der Waals surface area contributed by atoms with Gasteiger partial charge in [-0.25, -0.2) is 0 Å². The maximum atomic E-state index is 3.31. The number of benzene rings is 2. The zero-order valence-electron chi connectivity index (χ0n) is 8.68. The van der Waals surface area contributed by atoms with Crippen LogP contribution in [0, 0.1) is 6.07 Å². The van der Waals surface area contributed by atoms with Crippen molar-refractivity contribution in [1.82, 2.24) is 0 Å². The number of hydrogen-bond acceptors (Lipinski definition) is 0. The van der Waals surface area contributed by atoms with Crippen molar-refractivity contribution < 1.29 is 63.4 Å². The molecule has 0 nitrogen and oxygen atoms in total. The van der Waals surface area contributed by atoms with E-state index < -0.39 is 0 Å². The van der Waals surface area contributed by atoms with E-state index in [1.165, 1.54) is 21.0 Å². The molecule has 1 unspecified atom stereocenters. The van der Waals surface area contributed by atoms with Crippen molar-refractivity contribution in [2.45, 2.75) is 0 Å². The maximum Gasteiger partial charge on any atom is 4.00 e. The van der Waals surface area contributed by atoms with Crippen LogP contribution in [0.15, 0.2) is 42.5 Å². The molecular weight excluding hydrogens is 373 g/mol. The molecule has 3 aromatic rings. The van der Waals surface area contributed by atoms with E-state index >= 15 is 0 Å².